The van der Waals surface area contributed by atoms with Crippen LogP contribution in [0.25, 0.3) is 0 Å². The Labute approximate surface area is 137 Å². The first-order valence-corrected chi connectivity index (χ1v) is 9.00. The molecule has 1 aliphatic heterocycles. The van der Waals surface area contributed by atoms with Crippen molar-refractivity contribution in [3.05, 3.63) is 24.3 Å². The van der Waals surface area contributed by atoms with Crippen LogP contribution >= 0.6 is 11.8 Å². The van der Waals surface area contributed by atoms with Gasteiger partial charge < -0.3 is 15.0 Å². The number of methoxy groups -OCH3 is 1. The Morgan fingerprint density at radius 3 is 2.59 bits per heavy atom. The molecule has 0 aromatic heterocycles. The average Bonchev–Trinajstić information content (AvgIpc) is 2.58. The lowest BCUT2D eigenvalue weighted by molar-refractivity contribution is -0.131. The summed E-state index contributed by atoms with van der Waals surface area (Å²) in [7, 11) is 1.66. The summed E-state index contributed by atoms with van der Waals surface area (Å²) in [6.07, 6.45) is 3.15. The summed E-state index contributed by atoms with van der Waals surface area (Å²) in [6, 6.07) is 8.29. The Bertz CT molecular complexity index is 458. The maximum atomic E-state index is 12.6. The molecule has 0 saturated carbocycles. The molecule has 1 N–H and O–H groups in total. The van der Waals surface area contributed by atoms with Crippen LogP contribution in [-0.4, -0.2) is 49.3 Å². The van der Waals surface area contributed by atoms with Crippen molar-refractivity contribution in [1.29, 1.82) is 0 Å². The van der Waals surface area contributed by atoms with Crippen LogP contribution in [0.1, 0.15) is 26.2 Å². The number of amides is 1. The number of benzene rings is 1. The van der Waals surface area contributed by atoms with Gasteiger partial charge in [0.15, 0.2) is 0 Å². The molecule has 1 fully saturated rings. The number of thioether (sulfide) groups is 1. The van der Waals surface area contributed by atoms with Gasteiger partial charge in [-0.25, -0.2) is 0 Å². The fourth-order valence-corrected chi connectivity index (χ4v) is 3.55. The lowest BCUT2D eigenvalue weighted by Crippen LogP contribution is -2.47. The van der Waals surface area contributed by atoms with Gasteiger partial charge in [-0.2, -0.15) is 0 Å². The van der Waals surface area contributed by atoms with Gasteiger partial charge in [0, 0.05) is 17.5 Å². The number of nitrogens with one attached hydrogen (secondary N) is 1. The zero-order valence-corrected chi connectivity index (χ0v) is 14.3. The first kappa shape index (κ1) is 17.2. The molecular weight excluding hydrogens is 296 g/mol. The van der Waals surface area contributed by atoms with Gasteiger partial charge in [-0.05, 0) is 56.6 Å². The number of rotatable bonds is 7. The molecule has 22 heavy (non-hydrogen) atoms. The van der Waals surface area contributed by atoms with Crippen molar-refractivity contribution in [2.75, 3.05) is 32.5 Å². The third kappa shape index (κ3) is 4.92. The van der Waals surface area contributed by atoms with E-state index in [1.807, 2.05) is 24.3 Å². The molecule has 1 heterocycles. The zero-order valence-electron chi connectivity index (χ0n) is 13.5. The smallest absolute Gasteiger partial charge is 0.233 e. The van der Waals surface area contributed by atoms with E-state index in [-0.39, 0.29) is 5.91 Å². The van der Waals surface area contributed by atoms with E-state index in [4.69, 9.17) is 4.74 Å². The van der Waals surface area contributed by atoms with Gasteiger partial charge in [0.1, 0.15) is 5.75 Å². The van der Waals surface area contributed by atoms with E-state index in [2.05, 4.69) is 17.1 Å². The fraction of sp³-hybridized carbons (Fsp3) is 0.588. The highest BCUT2D eigenvalue weighted by Crippen LogP contribution is 2.22. The van der Waals surface area contributed by atoms with E-state index in [1.165, 1.54) is 0 Å². The van der Waals surface area contributed by atoms with Crippen molar-refractivity contribution in [3.8, 4) is 5.75 Å². The largest absolute Gasteiger partial charge is 0.497 e. The standard InChI is InChI=1S/C17H26N2O2S/c1-3-12-19(14-8-10-18-11-9-14)17(20)13-22-16-6-4-15(21-2)5-7-16/h4-7,14,18H,3,8-13H2,1-2H3. The molecule has 0 unspecified atom stereocenters. The second kappa shape index (κ2) is 9.06. The van der Waals surface area contributed by atoms with E-state index in [0.717, 1.165) is 49.5 Å². The SMILES string of the molecule is CCCN(C(=O)CSc1ccc(OC)cc1)C1CCNCC1. The van der Waals surface area contributed by atoms with Gasteiger partial charge in [-0.1, -0.05) is 6.92 Å². The summed E-state index contributed by atoms with van der Waals surface area (Å²) in [5, 5.41) is 3.36. The summed E-state index contributed by atoms with van der Waals surface area (Å²) in [5.74, 6) is 1.61. The quantitative estimate of drug-likeness (QED) is 0.784. The molecule has 5 heteroatoms. The molecule has 0 spiro atoms. The number of hydrogen-bond donors (Lipinski definition) is 1. The van der Waals surface area contributed by atoms with Gasteiger partial charge in [0.2, 0.25) is 5.91 Å². The zero-order chi connectivity index (χ0) is 15.8. The number of hydrogen-bond acceptors (Lipinski definition) is 4. The first-order valence-electron chi connectivity index (χ1n) is 8.01. The van der Waals surface area contributed by atoms with Crippen molar-refractivity contribution in [1.82, 2.24) is 10.2 Å². The van der Waals surface area contributed by atoms with Crippen LogP contribution in [0, 0.1) is 0 Å². The monoisotopic (exact) mass is 322 g/mol. The fourth-order valence-electron chi connectivity index (χ4n) is 2.77. The predicted molar refractivity (Wildman–Crippen MR) is 91.6 cm³/mol. The third-order valence-corrected chi connectivity index (χ3v) is 4.95. The molecule has 4 nitrogen and oxygen atoms in total. The number of nitrogens with zero attached hydrogens (tertiary/aromatic N) is 1. The van der Waals surface area contributed by atoms with E-state index < -0.39 is 0 Å². The average molecular weight is 322 g/mol. The molecule has 0 bridgehead atoms. The normalized spacial score (nSPS) is 15.5. The molecule has 1 aliphatic rings. The molecule has 1 aromatic rings. The minimum absolute atomic E-state index is 0.259. The minimum Gasteiger partial charge on any atom is -0.497 e. The van der Waals surface area contributed by atoms with E-state index in [0.29, 0.717) is 11.8 Å². The van der Waals surface area contributed by atoms with Crippen LogP contribution in [0.5, 0.6) is 5.75 Å². The van der Waals surface area contributed by atoms with E-state index in [1.54, 1.807) is 18.9 Å². The van der Waals surface area contributed by atoms with Gasteiger partial charge in [-0.3, -0.25) is 4.79 Å². The summed E-state index contributed by atoms with van der Waals surface area (Å²) in [4.78, 5) is 15.8. The van der Waals surface area contributed by atoms with Crippen molar-refractivity contribution in [2.45, 2.75) is 37.1 Å². The summed E-state index contributed by atoms with van der Waals surface area (Å²) >= 11 is 1.60. The first-order chi connectivity index (χ1) is 10.7. The number of ether oxygens (including phenoxy) is 1. The highest BCUT2D eigenvalue weighted by molar-refractivity contribution is 8.00. The highest BCUT2D eigenvalue weighted by Gasteiger charge is 2.24. The second-order valence-electron chi connectivity index (χ2n) is 5.53. The Balaban J connectivity index is 1.89. The Morgan fingerprint density at radius 2 is 2.00 bits per heavy atom. The third-order valence-electron chi connectivity index (χ3n) is 3.96. The van der Waals surface area contributed by atoms with Crippen LogP contribution in [-0.2, 0) is 4.79 Å². The Morgan fingerprint density at radius 1 is 1.32 bits per heavy atom. The Hall–Kier alpha value is -1.20. The number of carbonyl (C=O) groups excluding carboxylic acids is 1. The van der Waals surface area contributed by atoms with Gasteiger partial charge >= 0.3 is 0 Å². The maximum Gasteiger partial charge on any atom is 0.233 e. The van der Waals surface area contributed by atoms with Gasteiger partial charge in [0.05, 0.1) is 12.9 Å². The number of carbonyl (C=O) groups is 1. The molecule has 122 valence electrons. The summed E-state index contributed by atoms with van der Waals surface area (Å²) < 4.78 is 5.15. The van der Waals surface area contributed by atoms with Crippen molar-refractivity contribution in [2.24, 2.45) is 0 Å². The molecule has 1 saturated heterocycles. The van der Waals surface area contributed by atoms with Crippen LogP contribution in [0.15, 0.2) is 29.2 Å². The van der Waals surface area contributed by atoms with Crippen LogP contribution in [0.2, 0.25) is 0 Å². The summed E-state index contributed by atoms with van der Waals surface area (Å²) in [5.41, 5.74) is 0. The van der Waals surface area contributed by atoms with Crippen molar-refractivity contribution >= 4 is 17.7 Å². The highest BCUT2D eigenvalue weighted by atomic mass is 32.2. The lowest BCUT2D eigenvalue weighted by Gasteiger charge is -2.34. The van der Waals surface area contributed by atoms with Crippen LogP contribution in [0.3, 0.4) is 0 Å². The summed E-state index contributed by atoms with van der Waals surface area (Å²) in [6.45, 7) is 5.04. The van der Waals surface area contributed by atoms with Crippen molar-refractivity contribution < 1.29 is 9.53 Å². The second-order valence-corrected chi connectivity index (χ2v) is 6.58. The predicted octanol–water partition coefficient (Wildman–Crippen LogP) is 2.78. The molecule has 1 amide bonds. The van der Waals surface area contributed by atoms with Crippen molar-refractivity contribution in [3.63, 3.8) is 0 Å². The molecule has 2 rings (SSSR count). The maximum absolute atomic E-state index is 12.6. The van der Waals surface area contributed by atoms with E-state index >= 15 is 0 Å². The topological polar surface area (TPSA) is 41.6 Å². The van der Waals surface area contributed by atoms with Gasteiger partial charge in [0.25, 0.3) is 0 Å². The number of piperidine rings is 1. The van der Waals surface area contributed by atoms with Crippen LogP contribution in [0.4, 0.5) is 0 Å². The molecule has 1 aromatic carbocycles. The van der Waals surface area contributed by atoms with Crippen LogP contribution < -0.4 is 10.1 Å². The molecule has 0 atom stereocenters. The molecule has 0 radical (unpaired) electrons. The molecule has 0 aliphatic carbocycles. The van der Waals surface area contributed by atoms with E-state index in [9.17, 15) is 4.79 Å². The van der Waals surface area contributed by atoms with Gasteiger partial charge in [-0.15, -0.1) is 11.8 Å². The lowest BCUT2D eigenvalue weighted by atomic mass is 10.0. The minimum atomic E-state index is 0.259. The Kier molecular flexibility index (Phi) is 7.06. The molecular formula is C17H26N2O2S.